The fraction of sp³-hybridized carbons (Fsp3) is 0.375. The first-order valence-corrected chi connectivity index (χ1v) is 4.21. The average molecular weight is 190 g/mol. The van der Waals surface area contributed by atoms with Crippen LogP contribution in [0.25, 0.3) is 0 Å². The van der Waals surface area contributed by atoms with Crippen molar-refractivity contribution in [3.05, 3.63) is 29.1 Å². The van der Waals surface area contributed by atoms with Crippen molar-refractivity contribution in [2.24, 2.45) is 0 Å². The van der Waals surface area contributed by atoms with Gasteiger partial charge in [-0.1, -0.05) is 29.3 Å². The third kappa shape index (κ3) is 2.08. The van der Waals surface area contributed by atoms with Gasteiger partial charge in [0.1, 0.15) is 4.84 Å². The summed E-state index contributed by atoms with van der Waals surface area (Å²) in [7, 11) is 0. The first-order valence-electron chi connectivity index (χ1n) is 3.33. The Morgan fingerprint density at radius 3 is 2.36 bits per heavy atom. The topological polar surface area (TPSA) is 12.9 Å². The third-order valence-corrected chi connectivity index (χ3v) is 2.04. The number of nitrogens with zero attached hydrogens (tertiary/aromatic N) is 1. The quantitative estimate of drug-likeness (QED) is 0.619. The minimum absolute atomic E-state index is 0.519. The Morgan fingerprint density at radius 2 is 1.91 bits per heavy atom. The number of aromatic nitrogens is 1. The van der Waals surface area contributed by atoms with E-state index in [0.29, 0.717) is 0 Å². The minimum atomic E-state index is -0.519. The molecule has 0 aliphatic heterocycles. The van der Waals surface area contributed by atoms with Crippen LogP contribution < -0.4 is 0 Å². The number of aryl methyl sites for hydroxylation is 2. The molecule has 0 spiro atoms. The van der Waals surface area contributed by atoms with E-state index in [0.717, 1.165) is 17.0 Å². The lowest BCUT2D eigenvalue weighted by molar-refractivity contribution is 1.06. The Kier molecular flexibility index (Phi) is 2.74. The van der Waals surface area contributed by atoms with Gasteiger partial charge in [0.2, 0.25) is 0 Å². The summed E-state index contributed by atoms with van der Waals surface area (Å²) < 4.78 is 0. The summed E-state index contributed by atoms with van der Waals surface area (Å²) in [6.45, 7) is 3.94. The van der Waals surface area contributed by atoms with Gasteiger partial charge in [0.15, 0.2) is 0 Å². The molecule has 60 valence electrons. The Hall–Kier alpha value is -0.270. The summed E-state index contributed by atoms with van der Waals surface area (Å²) >= 11 is 11.3. The highest BCUT2D eigenvalue weighted by Gasteiger charge is 2.04. The Labute approximate surface area is 76.4 Å². The second-order valence-electron chi connectivity index (χ2n) is 2.44. The van der Waals surface area contributed by atoms with Gasteiger partial charge in [0, 0.05) is 5.69 Å². The van der Waals surface area contributed by atoms with E-state index in [1.165, 1.54) is 0 Å². The van der Waals surface area contributed by atoms with Crippen molar-refractivity contribution < 1.29 is 0 Å². The highest BCUT2D eigenvalue weighted by atomic mass is 35.5. The molecular weight excluding hydrogens is 181 g/mol. The molecule has 1 heterocycles. The molecule has 0 fully saturated rings. The second kappa shape index (κ2) is 3.42. The van der Waals surface area contributed by atoms with Crippen LogP contribution in [0, 0.1) is 13.8 Å². The number of halogens is 2. The normalized spacial score (nSPS) is 10.6. The molecule has 0 N–H and O–H groups in total. The summed E-state index contributed by atoms with van der Waals surface area (Å²) in [5.41, 5.74) is 2.85. The zero-order chi connectivity index (χ0) is 8.43. The van der Waals surface area contributed by atoms with Gasteiger partial charge in [0.25, 0.3) is 0 Å². The summed E-state index contributed by atoms with van der Waals surface area (Å²) in [4.78, 5) is 3.69. The predicted octanol–water partition coefficient (Wildman–Crippen LogP) is 3.17. The monoisotopic (exact) mass is 189 g/mol. The second-order valence-corrected chi connectivity index (χ2v) is 3.54. The van der Waals surface area contributed by atoms with Crippen molar-refractivity contribution in [3.8, 4) is 0 Å². The number of pyridine rings is 1. The van der Waals surface area contributed by atoms with Gasteiger partial charge in [-0.3, -0.25) is 4.98 Å². The molecule has 1 rings (SSSR count). The molecule has 0 aliphatic carbocycles. The fourth-order valence-electron chi connectivity index (χ4n) is 0.772. The molecule has 3 heteroatoms. The van der Waals surface area contributed by atoms with Gasteiger partial charge < -0.3 is 0 Å². The molecule has 1 aromatic heterocycles. The van der Waals surface area contributed by atoms with Crippen LogP contribution in [-0.2, 0) is 0 Å². The summed E-state index contributed by atoms with van der Waals surface area (Å²) in [5, 5.41) is 0. The number of hydrogen-bond donors (Lipinski definition) is 0. The Morgan fingerprint density at radius 1 is 1.27 bits per heavy atom. The number of alkyl halides is 2. The number of hydrogen-bond acceptors (Lipinski definition) is 1. The van der Waals surface area contributed by atoms with E-state index in [-0.39, 0.29) is 0 Å². The van der Waals surface area contributed by atoms with E-state index in [2.05, 4.69) is 4.98 Å². The smallest absolute Gasteiger partial charge is 0.149 e. The number of rotatable bonds is 1. The fourth-order valence-corrected chi connectivity index (χ4v) is 1.01. The molecule has 0 atom stereocenters. The maximum Gasteiger partial charge on any atom is 0.149 e. The van der Waals surface area contributed by atoms with Crippen molar-refractivity contribution in [2.45, 2.75) is 18.7 Å². The molecule has 0 aromatic carbocycles. The SMILES string of the molecule is Cc1ccc(C(Cl)Cl)nc1C. The first-order chi connectivity index (χ1) is 5.11. The van der Waals surface area contributed by atoms with E-state index in [1.54, 1.807) is 0 Å². The maximum atomic E-state index is 5.63. The molecule has 0 amide bonds. The van der Waals surface area contributed by atoms with Gasteiger partial charge in [-0.05, 0) is 25.5 Å². The zero-order valence-electron chi connectivity index (χ0n) is 6.44. The van der Waals surface area contributed by atoms with Crippen molar-refractivity contribution in [2.75, 3.05) is 0 Å². The highest BCUT2D eigenvalue weighted by Crippen LogP contribution is 2.23. The van der Waals surface area contributed by atoms with Crippen LogP contribution in [0.5, 0.6) is 0 Å². The van der Waals surface area contributed by atoms with Gasteiger partial charge in [-0.2, -0.15) is 0 Å². The molecule has 0 saturated carbocycles. The Balaban J connectivity index is 3.05. The van der Waals surface area contributed by atoms with Crippen molar-refractivity contribution in [3.63, 3.8) is 0 Å². The lowest BCUT2D eigenvalue weighted by Gasteiger charge is -2.03. The van der Waals surface area contributed by atoms with E-state index in [1.807, 2.05) is 26.0 Å². The lowest BCUT2D eigenvalue weighted by Crippen LogP contribution is -1.92. The molecule has 0 aliphatic rings. The molecule has 0 unspecified atom stereocenters. The first kappa shape index (κ1) is 8.82. The van der Waals surface area contributed by atoms with Crippen molar-refractivity contribution in [1.82, 2.24) is 4.98 Å². The van der Waals surface area contributed by atoms with Crippen LogP contribution in [0.3, 0.4) is 0 Å². The van der Waals surface area contributed by atoms with E-state index in [9.17, 15) is 0 Å². The predicted molar refractivity (Wildman–Crippen MR) is 48.2 cm³/mol. The van der Waals surface area contributed by atoms with Crippen molar-refractivity contribution >= 4 is 23.2 Å². The molecule has 1 nitrogen and oxygen atoms in total. The van der Waals surface area contributed by atoms with Crippen LogP contribution >= 0.6 is 23.2 Å². The summed E-state index contributed by atoms with van der Waals surface area (Å²) in [5.74, 6) is 0. The standard InChI is InChI=1S/C8H9Cl2N/c1-5-3-4-7(8(9)10)11-6(5)2/h3-4,8H,1-2H3. The minimum Gasteiger partial charge on any atom is -0.255 e. The van der Waals surface area contributed by atoms with Crippen LogP contribution in [-0.4, -0.2) is 4.98 Å². The molecule has 0 radical (unpaired) electrons. The maximum absolute atomic E-state index is 5.63. The summed E-state index contributed by atoms with van der Waals surface area (Å²) in [6.07, 6.45) is 0. The van der Waals surface area contributed by atoms with Crippen molar-refractivity contribution in [1.29, 1.82) is 0 Å². The van der Waals surface area contributed by atoms with Gasteiger partial charge in [-0.15, -0.1) is 0 Å². The molecule has 1 aromatic rings. The van der Waals surface area contributed by atoms with Crippen LogP contribution in [0.2, 0.25) is 0 Å². The zero-order valence-corrected chi connectivity index (χ0v) is 7.95. The Bertz CT molecular complexity index is 258. The van der Waals surface area contributed by atoms with E-state index >= 15 is 0 Å². The van der Waals surface area contributed by atoms with Gasteiger partial charge >= 0.3 is 0 Å². The average Bonchev–Trinajstić information content (AvgIpc) is 1.94. The van der Waals surface area contributed by atoms with Crippen LogP contribution in [0.4, 0.5) is 0 Å². The summed E-state index contributed by atoms with van der Waals surface area (Å²) in [6, 6.07) is 3.81. The lowest BCUT2D eigenvalue weighted by atomic mass is 10.2. The van der Waals surface area contributed by atoms with Crippen LogP contribution in [0.15, 0.2) is 12.1 Å². The third-order valence-electron chi connectivity index (χ3n) is 1.60. The van der Waals surface area contributed by atoms with Crippen LogP contribution in [0.1, 0.15) is 21.8 Å². The van der Waals surface area contributed by atoms with E-state index in [4.69, 9.17) is 23.2 Å². The highest BCUT2D eigenvalue weighted by molar-refractivity contribution is 6.43. The van der Waals surface area contributed by atoms with Gasteiger partial charge in [-0.25, -0.2) is 0 Å². The molecule has 0 saturated heterocycles. The molecular formula is C8H9Cl2N. The molecule has 11 heavy (non-hydrogen) atoms. The van der Waals surface area contributed by atoms with Gasteiger partial charge in [0.05, 0.1) is 5.69 Å². The largest absolute Gasteiger partial charge is 0.255 e. The van der Waals surface area contributed by atoms with E-state index < -0.39 is 4.84 Å². The molecule has 0 bridgehead atoms.